The zero-order chi connectivity index (χ0) is 15.9. The highest BCUT2D eigenvalue weighted by Crippen LogP contribution is 2.44. The lowest BCUT2D eigenvalue weighted by atomic mass is 9.95. The van der Waals surface area contributed by atoms with Crippen molar-refractivity contribution in [3.05, 3.63) is 0 Å². The number of ether oxygens (including phenoxy) is 2. The second-order valence-corrected chi connectivity index (χ2v) is 6.53. The molecular weight excluding hydrogens is 278 g/mol. The van der Waals surface area contributed by atoms with Gasteiger partial charge in [0.2, 0.25) is 0 Å². The highest BCUT2D eigenvalue weighted by molar-refractivity contribution is 5.83. The molecule has 2 rings (SSSR count). The average molecular weight is 301 g/mol. The van der Waals surface area contributed by atoms with Gasteiger partial charge in [-0.2, -0.15) is 0 Å². The van der Waals surface area contributed by atoms with Crippen molar-refractivity contribution in [2.45, 2.75) is 64.0 Å². The number of hydrogen-bond donors (Lipinski definition) is 2. The first-order valence-electron chi connectivity index (χ1n) is 7.21. The number of aliphatic hydroxyl groups excluding tert-OH is 2. The molecule has 0 radical (unpaired) electrons. The molecule has 1 amide bonds. The Hall–Kier alpha value is -1.34. The first-order chi connectivity index (χ1) is 9.67. The molecule has 0 aromatic rings. The van der Waals surface area contributed by atoms with Crippen LogP contribution in [-0.2, 0) is 14.3 Å². The van der Waals surface area contributed by atoms with E-state index in [0.29, 0.717) is 6.42 Å². The predicted octanol–water partition coefficient (Wildman–Crippen LogP) is 0.279. The number of esters is 1. The van der Waals surface area contributed by atoms with E-state index in [4.69, 9.17) is 9.47 Å². The lowest BCUT2D eigenvalue weighted by Gasteiger charge is -2.39. The fourth-order valence-electron chi connectivity index (χ4n) is 3.12. The van der Waals surface area contributed by atoms with Gasteiger partial charge in [-0.1, -0.05) is 0 Å². The van der Waals surface area contributed by atoms with Crippen LogP contribution < -0.4 is 0 Å². The van der Waals surface area contributed by atoms with Gasteiger partial charge in [-0.3, -0.25) is 4.90 Å². The van der Waals surface area contributed by atoms with E-state index in [1.165, 1.54) is 4.90 Å². The van der Waals surface area contributed by atoms with E-state index in [9.17, 15) is 19.8 Å². The van der Waals surface area contributed by atoms with Crippen molar-refractivity contribution < 1.29 is 29.3 Å². The van der Waals surface area contributed by atoms with Crippen molar-refractivity contribution in [1.29, 1.82) is 0 Å². The van der Waals surface area contributed by atoms with Crippen molar-refractivity contribution >= 4 is 12.1 Å². The van der Waals surface area contributed by atoms with Gasteiger partial charge in [0.1, 0.15) is 17.7 Å². The largest absolute Gasteiger partial charge is 0.464 e. The lowest BCUT2D eigenvalue weighted by Crippen LogP contribution is -2.59. The first-order valence-corrected chi connectivity index (χ1v) is 7.21. The number of carbonyl (C=O) groups excluding carboxylic acids is 2. The third-order valence-corrected chi connectivity index (χ3v) is 3.89. The van der Waals surface area contributed by atoms with E-state index in [2.05, 4.69) is 0 Å². The Morgan fingerprint density at radius 2 is 1.86 bits per heavy atom. The van der Waals surface area contributed by atoms with Gasteiger partial charge < -0.3 is 19.7 Å². The molecule has 1 aliphatic heterocycles. The minimum absolute atomic E-state index is 0.188. The van der Waals surface area contributed by atoms with Crippen LogP contribution in [0.2, 0.25) is 0 Å². The molecule has 2 N–H and O–H groups in total. The Labute approximate surface area is 123 Å². The van der Waals surface area contributed by atoms with Crippen molar-refractivity contribution in [1.82, 2.24) is 4.90 Å². The minimum atomic E-state index is -1.06. The summed E-state index contributed by atoms with van der Waals surface area (Å²) in [5.41, 5.74) is -0.707. The summed E-state index contributed by atoms with van der Waals surface area (Å²) in [6.45, 7) is 7.04. The molecule has 1 aliphatic carbocycles. The number of piperidine rings is 1. The maximum absolute atomic E-state index is 12.3. The third-order valence-electron chi connectivity index (χ3n) is 3.89. The molecule has 7 heteroatoms. The molecule has 2 aliphatic rings. The molecule has 2 bridgehead atoms. The monoisotopic (exact) mass is 301 g/mol. The first kappa shape index (κ1) is 16.0. The standard InChI is InChI=1S/C14H23NO6/c1-5-20-12(18)9-7-6-8(11(17)10(7)16)15(9)13(19)21-14(2,3)4/h7-11,16-17H,5-6H2,1-4H3/t7-,8+,9-,10+,11-/m0/s1. The van der Waals surface area contributed by atoms with E-state index < -0.39 is 47.9 Å². The summed E-state index contributed by atoms with van der Waals surface area (Å²) in [6, 6.07) is -1.52. The summed E-state index contributed by atoms with van der Waals surface area (Å²) in [5.74, 6) is -1.08. The second kappa shape index (κ2) is 5.46. The van der Waals surface area contributed by atoms with Crippen LogP contribution in [0.15, 0.2) is 0 Å². The smallest absolute Gasteiger partial charge is 0.411 e. The van der Waals surface area contributed by atoms with Gasteiger partial charge >= 0.3 is 12.1 Å². The highest BCUT2D eigenvalue weighted by Gasteiger charge is 2.61. The lowest BCUT2D eigenvalue weighted by molar-refractivity contribution is -0.157. The van der Waals surface area contributed by atoms with Crippen LogP contribution >= 0.6 is 0 Å². The molecule has 120 valence electrons. The molecular formula is C14H23NO6. The summed E-state index contributed by atoms with van der Waals surface area (Å²) < 4.78 is 10.3. The van der Waals surface area contributed by atoms with Gasteiger partial charge in [0.05, 0.1) is 18.8 Å². The third kappa shape index (κ3) is 2.85. The number of fused-ring (bicyclic) bond motifs is 2. The fourth-order valence-corrected chi connectivity index (χ4v) is 3.12. The Kier molecular flexibility index (Phi) is 4.17. The van der Waals surface area contributed by atoms with Crippen LogP contribution in [0.4, 0.5) is 4.79 Å². The van der Waals surface area contributed by atoms with Gasteiger partial charge in [-0.25, -0.2) is 9.59 Å². The minimum Gasteiger partial charge on any atom is -0.464 e. The van der Waals surface area contributed by atoms with Crippen LogP contribution in [0.25, 0.3) is 0 Å². The SMILES string of the molecule is CCOC(=O)[C@@H]1[C@@H]2C[C@H]([C@H](O)[C@@H]2O)N1C(=O)OC(C)(C)C. The summed E-state index contributed by atoms with van der Waals surface area (Å²) >= 11 is 0. The molecule has 0 aromatic heterocycles. The van der Waals surface area contributed by atoms with Gasteiger partial charge in [0.15, 0.2) is 0 Å². The highest BCUT2D eigenvalue weighted by atomic mass is 16.6. The number of carbonyl (C=O) groups is 2. The van der Waals surface area contributed by atoms with E-state index in [1.807, 2.05) is 0 Å². The number of nitrogens with zero attached hydrogens (tertiary/aromatic N) is 1. The van der Waals surface area contributed by atoms with Gasteiger partial charge in [-0.05, 0) is 34.1 Å². The number of amides is 1. The fraction of sp³-hybridized carbons (Fsp3) is 0.857. The zero-order valence-electron chi connectivity index (χ0n) is 12.8. The molecule has 0 unspecified atom stereocenters. The van der Waals surface area contributed by atoms with Crippen LogP contribution in [0.3, 0.4) is 0 Å². The van der Waals surface area contributed by atoms with Crippen LogP contribution in [0.5, 0.6) is 0 Å². The average Bonchev–Trinajstić information content (AvgIpc) is 2.86. The topological polar surface area (TPSA) is 96.3 Å². The summed E-state index contributed by atoms with van der Waals surface area (Å²) in [7, 11) is 0. The Balaban J connectivity index is 2.24. The number of rotatable bonds is 2. The van der Waals surface area contributed by atoms with Gasteiger partial charge in [0.25, 0.3) is 0 Å². The Morgan fingerprint density at radius 3 is 2.38 bits per heavy atom. The zero-order valence-corrected chi connectivity index (χ0v) is 12.8. The van der Waals surface area contributed by atoms with E-state index in [1.54, 1.807) is 27.7 Å². The predicted molar refractivity (Wildman–Crippen MR) is 72.4 cm³/mol. The second-order valence-electron chi connectivity index (χ2n) is 6.53. The maximum atomic E-state index is 12.3. The van der Waals surface area contributed by atoms with Crippen molar-refractivity contribution in [2.75, 3.05) is 6.61 Å². The van der Waals surface area contributed by atoms with Crippen LogP contribution in [0, 0.1) is 5.92 Å². The number of hydrogen-bond acceptors (Lipinski definition) is 6. The molecule has 2 fully saturated rings. The Morgan fingerprint density at radius 1 is 1.24 bits per heavy atom. The van der Waals surface area contributed by atoms with Crippen LogP contribution in [0.1, 0.15) is 34.1 Å². The van der Waals surface area contributed by atoms with Crippen LogP contribution in [-0.4, -0.2) is 63.7 Å². The molecule has 1 heterocycles. The molecule has 5 atom stereocenters. The molecule has 21 heavy (non-hydrogen) atoms. The molecule has 7 nitrogen and oxygen atoms in total. The Bertz CT molecular complexity index is 432. The maximum Gasteiger partial charge on any atom is 0.411 e. The van der Waals surface area contributed by atoms with E-state index in [-0.39, 0.29) is 6.61 Å². The summed E-state index contributed by atoms with van der Waals surface area (Å²) in [6.07, 6.45) is -2.39. The molecule has 1 saturated carbocycles. The van der Waals surface area contributed by atoms with Gasteiger partial charge in [0, 0.05) is 5.92 Å². The quantitative estimate of drug-likeness (QED) is 0.711. The number of likely N-dealkylation sites (tertiary alicyclic amines) is 1. The molecule has 1 saturated heterocycles. The summed E-state index contributed by atoms with van der Waals surface area (Å²) in [4.78, 5) is 25.7. The molecule has 0 spiro atoms. The van der Waals surface area contributed by atoms with Crippen molar-refractivity contribution in [3.8, 4) is 0 Å². The van der Waals surface area contributed by atoms with Crippen molar-refractivity contribution in [2.24, 2.45) is 5.92 Å². The summed E-state index contributed by atoms with van der Waals surface area (Å²) in [5, 5.41) is 20.0. The van der Waals surface area contributed by atoms with E-state index >= 15 is 0 Å². The number of aliphatic hydroxyl groups is 2. The van der Waals surface area contributed by atoms with Gasteiger partial charge in [-0.15, -0.1) is 0 Å². The molecule has 0 aromatic carbocycles. The normalized spacial score (nSPS) is 35.0. The van der Waals surface area contributed by atoms with E-state index in [0.717, 1.165) is 0 Å². The van der Waals surface area contributed by atoms with Crippen molar-refractivity contribution in [3.63, 3.8) is 0 Å².